The summed E-state index contributed by atoms with van der Waals surface area (Å²) in [6.07, 6.45) is 4.45. The molecule has 0 radical (unpaired) electrons. The van der Waals surface area contributed by atoms with Crippen molar-refractivity contribution in [2.24, 2.45) is 5.73 Å². The number of furan rings is 1. The Kier molecular flexibility index (Phi) is 3.51. The number of nitrogens with zero attached hydrogens (tertiary/aromatic N) is 2. The van der Waals surface area contributed by atoms with E-state index in [4.69, 9.17) is 10.2 Å². The molecule has 0 bridgehead atoms. The quantitative estimate of drug-likeness (QED) is 0.800. The number of benzene rings is 1. The summed E-state index contributed by atoms with van der Waals surface area (Å²) in [5.74, 6) is 0.440. The third-order valence-electron chi connectivity index (χ3n) is 3.74. The molecule has 3 aromatic rings. The maximum absolute atomic E-state index is 13.3. The number of nitrogens with two attached hydrogens (primary N) is 1. The van der Waals surface area contributed by atoms with Gasteiger partial charge in [-0.2, -0.15) is 5.10 Å². The van der Waals surface area contributed by atoms with Crippen LogP contribution in [0.2, 0.25) is 0 Å². The van der Waals surface area contributed by atoms with Crippen LogP contribution in [-0.2, 0) is 13.0 Å². The van der Waals surface area contributed by atoms with E-state index in [9.17, 15) is 4.39 Å². The average molecular weight is 287 g/mol. The minimum Gasteiger partial charge on any atom is -0.459 e. The smallest absolute Gasteiger partial charge is 0.134 e. The minimum atomic E-state index is -0.269. The Bertz CT molecular complexity index is 775. The average Bonchev–Trinajstić information content (AvgIpc) is 3.04. The first kappa shape index (κ1) is 13.8. The van der Waals surface area contributed by atoms with Gasteiger partial charge < -0.3 is 10.2 Å². The summed E-state index contributed by atoms with van der Waals surface area (Å²) in [4.78, 5) is 0. The molecular weight excluding hydrogens is 269 g/mol. The van der Waals surface area contributed by atoms with Crippen molar-refractivity contribution in [1.29, 1.82) is 0 Å². The largest absolute Gasteiger partial charge is 0.459 e. The van der Waals surface area contributed by atoms with Crippen LogP contribution in [-0.4, -0.2) is 9.78 Å². The lowest BCUT2D eigenvalue weighted by Gasteiger charge is -2.08. The standard InChI is InChI=1S/C16H18FN3O/c1-3-20-9-11(8-19-20)6-14(18)16-10(2)13-7-12(17)4-5-15(13)21-16/h4-5,7-9,14H,3,6,18H2,1-2H3. The number of hydrogen-bond acceptors (Lipinski definition) is 3. The fourth-order valence-electron chi connectivity index (χ4n) is 2.60. The third-order valence-corrected chi connectivity index (χ3v) is 3.74. The monoisotopic (exact) mass is 287 g/mol. The zero-order valence-corrected chi connectivity index (χ0v) is 12.1. The molecule has 0 saturated carbocycles. The summed E-state index contributed by atoms with van der Waals surface area (Å²) >= 11 is 0. The van der Waals surface area contributed by atoms with Crippen molar-refractivity contribution in [3.63, 3.8) is 0 Å². The Balaban J connectivity index is 1.90. The van der Waals surface area contributed by atoms with Crippen molar-refractivity contribution >= 4 is 11.0 Å². The van der Waals surface area contributed by atoms with E-state index in [0.717, 1.165) is 23.1 Å². The van der Waals surface area contributed by atoms with Crippen molar-refractivity contribution in [2.75, 3.05) is 0 Å². The van der Waals surface area contributed by atoms with E-state index < -0.39 is 0 Å². The number of aryl methyl sites for hydroxylation is 2. The molecule has 4 nitrogen and oxygen atoms in total. The molecule has 0 amide bonds. The summed E-state index contributed by atoms with van der Waals surface area (Å²) in [5.41, 5.74) is 8.89. The van der Waals surface area contributed by atoms with Gasteiger partial charge in [-0.15, -0.1) is 0 Å². The van der Waals surface area contributed by atoms with E-state index in [1.165, 1.54) is 12.1 Å². The molecule has 5 heteroatoms. The van der Waals surface area contributed by atoms with E-state index in [0.29, 0.717) is 17.8 Å². The predicted octanol–water partition coefficient (Wildman–Crippen LogP) is 3.34. The number of aromatic nitrogens is 2. The van der Waals surface area contributed by atoms with Crippen molar-refractivity contribution in [1.82, 2.24) is 9.78 Å². The molecule has 110 valence electrons. The maximum Gasteiger partial charge on any atom is 0.134 e. The van der Waals surface area contributed by atoms with E-state index in [-0.39, 0.29) is 11.9 Å². The van der Waals surface area contributed by atoms with Crippen LogP contribution in [0.5, 0.6) is 0 Å². The van der Waals surface area contributed by atoms with Gasteiger partial charge in [0.05, 0.1) is 12.2 Å². The fraction of sp³-hybridized carbons (Fsp3) is 0.312. The first-order valence-corrected chi connectivity index (χ1v) is 7.04. The lowest BCUT2D eigenvalue weighted by Crippen LogP contribution is -2.13. The number of rotatable bonds is 4. The SMILES string of the molecule is CCn1cc(CC(N)c2oc3ccc(F)cc3c2C)cn1. The Labute approximate surface area is 122 Å². The van der Waals surface area contributed by atoms with Gasteiger partial charge in [0.1, 0.15) is 17.2 Å². The highest BCUT2D eigenvalue weighted by atomic mass is 19.1. The lowest BCUT2D eigenvalue weighted by molar-refractivity contribution is 0.490. The fourth-order valence-corrected chi connectivity index (χ4v) is 2.60. The van der Waals surface area contributed by atoms with Gasteiger partial charge in [-0.25, -0.2) is 4.39 Å². The first-order chi connectivity index (χ1) is 10.1. The second-order valence-corrected chi connectivity index (χ2v) is 5.25. The second kappa shape index (κ2) is 5.33. The van der Waals surface area contributed by atoms with Crippen LogP contribution in [0.1, 0.15) is 29.9 Å². The Morgan fingerprint density at radius 2 is 2.24 bits per heavy atom. The highest BCUT2D eigenvalue weighted by Crippen LogP contribution is 2.30. The number of fused-ring (bicyclic) bond motifs is 1. The molecule has 0 aliphatic carbocycles. The molecule has 0 aliphatic rings. The third kappa shape index (κ3) is 2.56. The molecule has 0 spiro atoms. The zero-order valence-electron chi connectivity index (χ0n) is 12.1. The summed E-state index contributed by atoms with van der Waals surface area (Å²) in [6, 6.07) is 4.25. The number of halogens is 1. The maximum atomic E-state index is 13.3. The van der Waals surface area contributed by atoms with Gasteiger partial charge in [0, 0.05) is 23.7 Å². The Hall–Kier alpha value is -2.14. The normalized spacial score (nSPS) is 13.0. The van der Waals surface area contributed by atoms with Gasteiger partial charge in [0.25, 0.3) is 0 Å². The van der Waals surface area contributed by atoms with Crippen molar-refractivity contribution in [2.45, 2.75) is 32.9 Å². The van der Waals surface area contributed by atoms with E-state index >= 15 is 0 Å². The summed E-state index contributed by atoms with van der Waals surface area (Å²) in [5, 5.41) is 5.02. The van der Waals surface area contributed by atoms with Gasteiger partial charge in [0.2, 0.25) is 0 Å². The number of hydrogen-bond donors (Lipinski definition) is 1. The molecule has 0 fully saturated rings. The lowest BCUT2D eigenvalue weighted by atomic mass is 10.0. The van der Waals surface area contributed by atoms with Gasteiger partial charge >= 0.3 is 0 Å². The van der Waals surface area contributed by atoms with Crippen molar-refractivity contribution < 1.29 is 8.81 Å². The zero-order chi connectivity index (χ0) is 15.0. The van der Waals surface area contributed by atoms with Crippen molar-refractivity contribution in [3.05, 3.63) is 53.3 Å². The van der Waals surface area contributed by atoms with Gasteiger partial charge in [-0.05, 0) is 44.0 Å². The minimum absolute atomic E-state index is 0.268. The van der Waals surface area contributed by atoms with Crippen LogP contribution in [0.15, 0.2) is 35.0 Å². The van der Waals surface area contributed by atoms with Gasteiger partial charge in [-0.3, -0.25) is 4.68 Å². The van der Waals surface area contributed by atoms with Crippen LogP contribution >= 0.6 is 0 Å². The van der Waals surface area contributed by atoms with Crippen molar-refractivity contribution in [3.8, 4) is 0 Å². The Morgan fingerprint density at radius 3 is 2.95 bits per heavy atom. The molecule has 2 N–H and O–H groups in total. The molecule has 1 aromatic carbocycles. The summed E-state index contributed by atoms with van der Waals surface area (Å²) < 4.78 is 21.0. The molecule has 1 atom stereocenters. The van der Waals surface area contributed by atoms with Crippen LogP contribution < -0.4 is 5.73 Å². The molecule has 21 heavy (non-hydrogen) atoms. The van der Waals surface area contributed by atoms with E-state index in [1.54, 1.807) is 6.07 Å². The predicted molar refractivity (Wildman–Crippen MR) is 79.4 cm³/mol. The van der Waals surface area contributed by atoms with Gasteiger partial charge in [-0.1, -0.05) is 0 Å². The van der Waals surface area contributed by atoms with Crippen LogP contribution in [0.25, 0.3) is 11.0 Å². The topological polar surface area (TPSA) is 57.0 Å². The Morgan fingerprint density at radius 1 is 1.43 bits per heavy atom. The molecular formula is C16H18FN3O. The van der Waals surface area contributed by atoms with E-state index in [2.05, 4.69) is 5.10 Å². The second-order valence-electron chi connectivity index (χ2n) is 5.25. The molecule has 0 aliphatic heterocycles. The van der Waals surface area contributed by atoms with Crippen LogP contribution in [0.4, 0.5) is 4.39 Å². The van der Waals surface area contributed by atoms with Gasteiger partial charge in [0.15, 0.2) is 0 Å². The molecule has 2 heterocycles. The molecule has 1 unspecified atom stereocenters. The molecule has 2 aromatic heterocycles. The van der Waals surface area contributed by atoms with Crippen LogP contribution in [0.3, 0.4) is 0 Å². The molecule has 3 rings (SSSR count). The van der Waals surface area contributed by atoms with Crippen LogP contribution in [0, 0.1) is 12.7 Å². The van der Waals surface area contributed by atoms with E-state index in [1.807, 2.05) is 30.9 Å². The summed E-state index contributed by atoms with van der Waals surface area (Å²) in [6.45, 7) is 4.78. The first-order valence-electron chi connectivity index (χ1n) is 7.04. The molecule has 0 saturated heterocycles. The highest BCUT2D eigenvalue weighted by molar-refractivity contribution is 5.82. The summed E-state index contributed by atoms with van der Waals surface area (Å²) in [7, 11) is 0. The highest BCUT2D eigenvalue weighted by Gasteiger charge is 2.18.